The maximum atomic E-state index is 13.5. The number of hydrogen-bond donors (Lipinski definition) is 1. The van der Waals surface area contributed by atoms with Crippen LogP contribution in [0.1, 0.15) is 59.3 Å². The van der Waals surface area contributed by atoms with Crippen LogP contribution in [0.3, 0.4) is 0 Å². The zero-order chi connectivity index (χ0) is 23.3. The Labute approximate surface area is 192 Å². The minimum absolute atomic E-state index is 0.0549. The normalized spacial score (nSPS) is 22.9. The van der Waals surface area contributed by atoms with Crippen molar-refractivity contribution in [2.45, 2.75) is 70.9 Å². The first-order valence-electron chi connectivity index (χ1n) is 11.9. The van der Waals surface area contributed by atoms with E-state index in [1.165, 1.54) is 19.3 Å². The van der Waals surface area contributed by atoms with E-state index in [2.05, 4.69) is 10.2 Å². The van der Waals surface area contributed by atoms with Crippen LogP contribution in [-0.4, -0.2) is 67.0 Å². The minimum Gasteiger partial charge on any atom is -0.497 e. The number of methoxy groups -OCH3 is 2. The number of carbonyl (C=O) groups is 2. The van der Waals surface area contributed by atoms with E-state index >= 15 is 0 Å². The van der Waals surface area contributed by atoms with Crippen molar-refractivity contribution in [3.63, 3.8) is 0 Å². The first kappa shape index (κ1) is 24.4. The molecule has 2 aliphatic rings. The molecule has 1 aromatic carbocycles. The Morgan fingerprint density at radius 1 is 1.09 bits per heavy atom. The highest BCUT2D eigenvalue weighted by Gasteiger charge is 2.43. The maximum absolute atomic E-state index is 13.5. The van der Waals surface area contributed by atoms with Gasteiger partial charge < -0.3 is 24.6 Å². The van der Waals surface area contributed by atoms with Gasteiger partial charge in [-0.3, -0.25) is 9.59 Å². The highest BCUT2D eigenvalue weighted by molar-refractivity contribution is 6.00. The number of anilines is 1. The Balaban J connectivity index is 1.81. The van der Waals surface area contributed by atoms with Gasteiger partial charge in [-0.15, -0.1) is 0 Å². The fourth-order valence-corrected chi connectivity index (χ4v) is 5.32. The second-order valence-electron chi connectivity index (χ2n) is 9.31. The molecule has 1 N–H and O–H groups in total. The lowest BCUT2D eigenvalue weighted by molar-refractivity contribution is -0.145. The highest BCUT2D eigenvalue weighted by atomic mass is 16.5. The SMILES string of the molecule is CCC(C)(C(=O)Nc1cc(OC)cc(OC)c1)N(CC1CCCN2CCCC[C@@H]12)C(C)=O. The summed E-state index contributed by atoms with van der Waals surface area (Å²) in [6.07, 6.45) is 6.50. The third-order valence-electron chi connectivity index (χ3n) is 7.41. The molecule has 32 heavy (non-hydrogen) atoms. The van der Waals surface area contributed by atoms with Gasteiger partial charge in [-0.2, -0.15) is 0 Å². The van der Waals surface area contributed by atoms with Gasteiger partial charge in [0, 0.05) is 43.4 Å². The standard InChI is InChI=1S/C25H39N3O4/c1-6-25(3,24(30)26-20-14-21(31-4)16-22(15-20)32-5)28(18(2)29)17-19-10-9-13-27-12-8-7-11-23(19)27/h14-16,19,23H,6-13,17H2,1-5H3,(H,26,30)/t19?,23-,25?/m0/s1. The Hall–Kier alpha value is -2.28. The Morgan fingerprint density at radius 2 is 1.75 bits per heavy atom. The maximum Gasteiger partial charge on any atom is 0.250 e. The van der Waals surface area contributed by atoms with Gasteiger partial charge in [-0.1, -0.05) is 13.3 Å². The molecular weight excluding hydrogens is 406 g/mol. The molecule has 2 aliphatic heterocycles. The van der Waals surface area contributed by atoms with E-state index in [0.29, 0.717) is 42.1 Å². The Kier molecular flexibility index (Phi) is 8.04. The Morgan fingerprint density at radius 3 is 2.34 bits per heavy atom. The van der Waals surface area contributed by atoms with Crippen molar-refractivity contribution in [1.29, 1.82) is 0 Å². The smallest absolute Gasteiger partial charge is 0.250 e. The van der Waals surface area contributed by atoms with Crippen LogP contribution in [0.4, 0.5) is 5.69 Å². The van der Waals surface area contributed by atoms with Crippen molar-refractivity contribution in [3.05, 3.63) is 18.2 Å². The van der Waals surface area contributed by atoms with E-state index in [1.807, 2.05) is 18.7 Å². The van der Waals surface area contributed by atoms with E-state index in [-0.39, 0.29) is 11.8 Å². The minimum atomic E-state index is -0.945. The van der Waals surface area contributed by atoms with Crippen LogP contribution < -0.4 is 14.8 Å². The zero-order valence-corrected chi connectivity index (χ0v) is 20.3. The molecule has 7 heteroatoms. The number of carbonyl (C=O) groups excluding carboxylic acids is 2. The van der Waals surface area contributed by atoms with Gasteiger partial charge in [-0.05, 0) is 58.0 Å². The summed E-state index contributed by atoms with van der Waals surface area (Å²) in [6.45, 7) is 8.36. The van der Waals surface area contributed by atoms with E-state index in [1.54, 1.807) is 39.3 Å². The van der Waals surface area contributed by atoms with Gasteiger partial charge in [0.1, 0.15) is 17.0 Å². The van der Waals surface area contributed by atoms with Gasteiger partial charge in [0.25, 0.3) is 0 Å². The number of amides is 2. The summed E-state index contributed by atoms with van der Waals surface area (Å²) in [4.78, 5) is 30.8. The molecule has 0 bridgehead atoms. The molecule has 0 aromatic heterocycles. The molecule has 2 unspecified atom stereocenters. The van der Waals surface area contributed by atoms with Crippen molar-refractivity contribution >= 4 is 17.5 Å². The third kappa shape index (κ3) is 5.20. The van der Waals surface area contributed by atoms with E-state index in [9.17, 15) is 9.59 Å². The fraction of sp³-hybridized carbons (Fsp3) is 0.680. The molecule has 0 aliphatic carbocycles. The largest absolute Gasteiger partial charge is 0.497 e. The predicted octanol–water partition coefficient (Wildman–Crippen LogP) is 3.92. The van der Waals surface area contributed by atoms with Crippen molar-refractivity contribution in [2.75, 3.05) is 39.2 Å². The van der Waals surface area contributed by atoms with Gasteiger partial charge in [-0.25, -0.2) is 0 Å². The molecule has 178 valence electrons. The molecule has 1 aromatic rings. The van der Waals surface area contributed by atoms with Crippen LogP contribution in [0.2, 0.25) is 0 Å². The second-order valence-corrected chi connectivity index (χ2v) is 9.31. The number of hydrogen-bond acceptors (Lipinski definition) is 5. The Bertz CT molecular complexity index is 790. The molecule has 3 rings (SSSR count). The summed E-state index contributed by atoms with van der Waals surface area (Å²) in [5.74, 6) is 1.35. The highest BCUT2D eigenvalue weighted by Crippen LogP contribution is 2.34. The van der Waals surface area contributed by atoms with E-state index in [0.717, 1.165) is 25.9 Å². The van der Waals surface area contributed by atoms with Crippen LogP contribution in [0.5, 0.6) is 11.5 Å². The lowest BCUT2D eigenvalue weighted by atomic mass is 9.82. The monoisotopic (exact) mass is 445 g/mol. The van der Waals surface area contributed by atoms with Crippen molar-refractivity contribution in [1.82, 2.24) is 9.80 Å². The van der Waals surface area contributed by atoms with E-state index < -0.39 is 5.54 Å². The molecule has 7 nitrogen and oxygen atoms in total. The predicted molar refractivity (Wildman–Crippen MR) is 126 cm³/mol. The molecule has 2 heterocycles. The van der Waals surface area contributed by atoms with Gasteiger partial charge in [0.2, 0.25) is 11.8 Å². The number of ether oxygens (including phenoxy) is 2. The van der Waals surface area contributed by atoms with Crippen molar-refractivity contribution in [2.24, 2.45) is 5.92 Å². The molecule has 2 fully saturated rings. The average molecular weight is 446 g/mol. The fourth-order valence-electron chi connectivity index (χ4n) is 5.32. The zero-order valence-electron chi connectivity index (χ0n) is 20.3. The first-order valence-corrected chi connectivity index (χ1v) is 11.9. The van der Waals surface area contributed by atoms with E-state index in [4.69, 9.17) is 9.47 Å². The summed E-state index contributed by atoms with van der Waals surface area (Å²) in [5.41, 5.74) is -0.357. The average Bonchev–Trinajstić information content (AvgIpc) is 2.81. The first-order chi connectivity index (χ1) is 15.3. The second kappa shape index (κ2) is 10.6. The third-order valence-corrected chi connectivity index (χ3v) is 7.41. The number of piperidine rings is 2. The molecule has 3 atom stereocenters. The number of benzene rings is 1. The number of rotatable bonds is 8. The van der Waals surface area contributed by atoms with Crippen LogP contribution in [0, 0.1) is 5.92 Å². The molecule has 2 saturated heterocycles. The quantitative estimate of drug-likeness (QED) is 0.657. The molecule has 0 saturated carbocycles. The summed E-state index contributed by atoms with van der Waals surface area (Å²) < 4.78 is 10.7. The summed E-state index contributed by atoms with van der Waals surface area (Å²) in [7, 11) is 3.15. The summed E-state index contributed by atoms with van der Waals surface area (Å²) in [6, 6.07) is 5.80. The number of nitrogens with zero attached hydrogens (tertiary/aromatic N) is 2. The van der Waals surface area contributed by atoms with Gasteiger partial charge >= 0.3 is 0 Å². The molecular formula is C25H39N3O4. The molecule has 2 amide bonds. The molecule has 0 radical (unpaired) electrons. The van der Waals surface area contributed by atoms with Crippen LogP contribution >= 0.6 is 0 Å². The van der Waals surface area contributed by atoms with Crippen LogP contribution in [0.25, 0.3) is 0 Å². The lowest BCUT2D eigenvalue weighted by Crippen LogP contribution is -2.60. The topological polar surface area (TPSA) is 71.1 Å². The van der Waals surface area contributed by atoms with Crippen molar-refractivity contribution < 1.29 is 19.1 Å². The summed E-state index contributed by atoms with van der Waals surface area (Å²) in [5, 5.41) is 3.01. The lowest BCUT2D eigenvalue weighted by Gasteiger charge is -2.48. The van der Waals surface area contributed by atoms with Gasteiger partial charge in [0.05, 0.1) is 14.2 Å². The molecule has 0 spiro atoms. The van der Waals surface area contributed by atoms with Crippen LogP contribution in [0.15, 0.2) is 18.2 Å². The number of nitrogens with one attached hydrogen (secondary N) is 1. The number of fused-ring (bicyclic) bond motifs is 1. The van der Waals surface area contributed by atoms with Crippen molar-refractivity contribution in [3.8, 4) is 11.5 Å². The van der Waals surface area contributed by atoms with Gasteiger partial charge in [0.15, 0.2) is 0 Å². The summed E-state index contributed by atoms with van der Waals surface area (Å²) >= 11 is 0. The van der Waals surface area contributed by atoms with Crippen LogP contribution in [-0.2, 0) is 9.59 Å².